The summed E-state index contributed by atoms with van der Waals surface area (Å²) in [5.41, 5.74) is 2.95. The van der Waals surface area contributed by atoms with Crippen LogP contribution in [-0.4, -0.2) is 12.6 Å². The Kier molecular flexibility index (Phi) is 2.65. The lowest BCUT2D eigenvalue weighted by atomic mass is 9.92. The molecule has 2 heteroatoms. The van der Waals surface area contributed by atoms with E-state index in [9.17, 15) is 4.79 Å². The summed E-state index contributed by atoms with van der Waals surface area (Å²) in [6.07, 6.45) is 12.3. The summed E-state index contributed by atoms with van der Waals surface area (Å²) in [7, 11) is 0. The normalized spacial score (nSPS) is 33.8. The molecule has 90 valence electrons. The van der Waals surface area contributed by atoms with Gasteiger partial charge >= 0.3 is 5.97 Å². The highest BCUT2D eigenvalue weighted by Crippen LogP contribution is 2.50. The van der Waals surface area contributed by atoms with E-state index in [1.54, 1.807) is 0 Å². The highest BCUT2D eigenvalue weighted by atomic mass is 16.5. The topological polar surface area (TPSA) is 26.3 Å². The molecule has 3 aliphatic carbocycles. The highest BCUT2D eigenvalue weighted by molar-refractivity contribution is 5.77. The van der Waals surface area contributed by atoms with Crippen molar-refractivity contribution in [2.75, 3.05) is 6.61 Å². The molecule has 0 aromatic carbocycles. The second-order valence-corrected chi connectivity index (χ2v) is 5.11. The minimum atomic E-state index is -0.194. The Labute approximate surface area is 102 Å². The Morgan fingerprint density at radius 3 is 2.35 bits per heavy atom. The molecule has 1 fully saturated rings. The summed E-state index contributed by atoms with van der Waals surface area (Å²) in [5, 5.41) is 0. The van der Waals surface area contributed by atoms with Crippen molar-refractivity contribution in [1.29, 1.82) is 0 Å². The van der Waals surface area contributed by atoms with Gasteiger partial charge in [0.1, 0.15) is 0 Å². The van der Waals surface area contributed by atoms with Crippen LogP contribution in [0.5, 0.6) is 0 Å². The van der Waals surface area contributed by atoms with E-state index in [4.69, 9.17) is 4.74 Å². The van der Waals surface area contributed by atoms with Crippen LogP contribution in [0, 0.1) is 17.8 Å². The summed E-state index contributed by atoms with van der Waals surface area (Å²) < 4.78 is 5.07. The Morgan fingerprint density at radius 1 is 1.24 bits per heavy atom. The van der Waals surface area contributed by atoms with E-state index in [0.717, 1.165) is 11.8 Å². The molecule has 3 atom stereocenters. The van der Waals surface area contributed by atoms with E-state index >= 15 is 0 Å². The zero-order valence-electron chi connectivity index (χ0n) is 10.2. The largest absolute Gasteiger partial charge is 0.465 e. The Hall–Kier alpha value is -1.31. The Morgan fingerprint density at radius 2 is 1.82 bits per heavy atom. The number of rotatable bonds is 2. The first-order valence-electron chi connectivity index (χ1n) is 6.56. The first-order chi connectivity index (χ1) is 8.29. The van der Waals surface area contributed by atoms with Gasteiger partial charge in [-0.2, -0.15) is 0 Å². The maximum absolute atomic E-state index is 11.7. The third kappa shape index (κ3) is 1.76. The molecule has 3 rings (SSSR count). The second-order valence-electron chi connectivity index (χ2n) is 5.11. The summed E-state index contributed by atoms with van der Waals surface area (Å²) in [4.78, 5) is 11.7. The van der Waals surface area contributed by atoms with Gasteiger partial charge < -0.3 is 4.74 Å². The third-order valence-corrected chi connectivity index (χ3v) is 4.17. The van der Waals surface area contributed by atoms with Crippen LogP contribution in [0.25, 0.3) is 0 Å². The molecule has 2 bridgehead atoms. The second kappa shape index (κ2) is 4.17. The van der Waals surface area contributed by atoms with Gasteiger partial charge in [-0.25, -0.2) is 0 Å². The van der Waals surface area contributed by atoms with Gasteiger partial charge in [0.15, 0.2) is 0 Å². The molecule has 17 heavy (non-hydrogen) atoms. The Bertz CT molecular complexity index is 398. The number of allylic oxidation sites excluding steroid dienone is 4. The number of carbonyl (C=O) groups is 1. The number of carbonyl (C=O) groups excluding carboxylic acids is 1. The third-order valence-electron chi connectivity index (χ3n) is 4.17. The fraction of sp³-hybridized carbons (Fsp3) is 0.533. The van der Waals surface area contributed by atoms with Crippen LogP contribution in [0.15, 0.2) is 35.5 Å². The van der Waals surface area contributed by atoms with Crippen LogP contribution >= 0.6 is 0 Å². The van der Waals surface area contributed by atoms with Crippen molar-refractivity contribution in [2.24, 2.45) is 17.8 Å². The fourth-order valence-electron chi connectivity index (χ4n) is 3.36. The van der Waals surface area contributed by atoms with Crippen LogP contribution in [0.1, 0.15) is 26.2 Å². The lowest BCUT2D eigenvalue weighted by molar-refractivity contribution is -0.144. The standard InChI is InChI=1S/C15H18O2/c1-2-17-15(16)10-5-7-13-11-3-4-12(9-11)14(13)8-6-10/h5-8,10-12H,2-4,9H2,1H3/t10?,11-,12+. The molecule has 0 aromatic rings. The molecule has 0 aliphatic heterocycles. The molecule has 0 heterocycles. The van der Waals surface area contributed by atoms with Gasteiger partial charge in [0.05, 0.1) is 12.5 Å². The lowest BCUT2D eigenvalue weighted by Gasteiger charge is -2.13. The maximum atomic E-state index is 11.7. The van der Waals surface area contributed by atoms with Crippen molar-refractivity contribution in [3.63, 3.8) is 0 Å². The summed E-state index contributed by atoms with van der Waals surface area (Å²) in [6, 6.07) is 0. The average molecular weight is 230 g/mol. The van der Waals surface area contributed by atoms with E-state index in [-0.39, 0.29) is 11.9 Å². The molecular formula is C15H18O2. The molecule has 0 saturated heterocycles. The summed E-state index contributed by atoms with van der Waals surface area (Å²) in [5.74, 6) is 1.17. The predicted molar refractivity (Wildman–Crippen MR) is 66.3 cm³/mol. The van der Waals surface area contributed by atoms with Gasteiger partial charge in [-0.3, -0.25) is 4.79 Å². The molecule has 2 nitrogen and oxygen atoms in total. The molecular weight excluding hydrogens is 212 g/mol. The van der Waals surface area contributed by atoms with Crippen LogP contribution in [0.3, 0.4) is 0 Å². The van der Waals surface area contributed by atoms with E-state index in [2.05, 4.69) is 12.2 Å². The van der Waals surface area contributed by atoms with Crippen LogP contribution in [0.2, 0.25) is 0 Å². The van der Waals surface area contributed by atoms with Gasteiger partial charge in [0.25, 0.3) is 0 Å². The minimum Gasteiger partial charge on any atom is -0.465 e. The lowest BCUT2D eigenvalue weighted by Crippen LogP contribution is -2.13. The number of fused-ring (bicyclic) bond motifs is 4. The van der Waals surface area contributed by atoms with Crippen molar-refractivity contribution >= 4 is 5.97 Å². The van der Waals surface area contributed by atoms with E-state index in [1.807, 2.05) is 19.1 Å². The van der Waals surface area contributed by atoms with Gasteiger partial charge in [-0.15, -0.1) is 0 Å². The van der Waals surface area contributed by atoms with Crippen molar-refractivity contribution < 1.29 is 9.53 Å². The predicted octanol–water partition coefficient (Wildman–Crippen LogP) is 3.02. The highest BCUT2D eigenvalue weighted by Gasteiger charge is 2.37. The smallest absolute Gasteiger partial charge is 0.316 e. The maximum Gasteiger partial charge on any atom is 0.316 e. The van der Waals surface area contributed by atoms with E-state index in [0.29, 0.717) is 6.61 Å². The van der Waals surface area contributed by atoms with Crippen molar-refractivity contribution in [2.45, 2.75) is 26.2 Å². The van der Waals surface area contributed by atoms with Gasteiger partial charge in [-0.1, -0.05) is 24.3 Å². The number of esters is 1. The quantitative estimate of drug-likeness (QED) is 0.682. The molecule has 0 N–H and O–H groups in total. The van der Waals surface area contributed by atoms with E-state index in [1.165, 1.54) is 30.4 Å². The molecule has 0 aromatic heterocycles. The number of hydrogen-bond donors (Lipinski definition) is 0. The van der Waals surface area contributed by atoms with E-state index < -0.39 is 0 Å². The number of ether oxygens (including phenoxy) is 1. The molecule has 0 radical (unpaired) electrons. The molecule has 0 spiro atoms. The summed E-state index contributed by atoms with van der Waals surface area (Å²) >= 11 is 0. The molecule has 1 saturated carbocycles. The minimum absolute atomic E-state index is 0.131. The monoisotopic (exact) mass is 230 g/mol. The first kappa shape index (κ1) is 10.8. The van der Waals surface area contributed by atoms with Gasteiger partial charge in [0, 0.05) is 0 Å². The molecule has 1 unspecified atom stereocenters. The van der Waals surface area contributed by atoms with Crippen LogP contribution in [-0.2, 0) is 9.53 Å². The average Bonchev–Trinajstić information content (AvgIpc) is 2.84. The zero-order chi connectivity index (χ0) is 11.8. The van der Waals surface area contributed by atoms with Crippen molar-refractivity contribution in [3.05, 3.63) is 35.5 Å². The van der Waals surface area contributed by atoms with Crippen LogP contribution < -0.4 is 0 Å². The molecule has 0 amide bonds. The first-order valence-corrected chi connectivity index (χ1v) is 6.56. The Balaban J connectivity index is 1.82. The fourth-order valence-corrected chi connectivity index (χ4v) is 3.36. The summed E-state index contributed by atoms with van der Waals surface area (Å²) in [6.45, 7) is 2.30. The number of hydrogen-bond acceptors (Lipinski definition) is 2. The van der Waals surface area contributed by atoms with Gasteiger partial charge in [0.2, 0.25) is 0 Å². The van der Waals surface area contributed by atoms with Crippen molar-refractivity contribution in [1.82, 2.24) is 0 Å². The zero-order valence-corrected chi connectivity index (χ0v) is 10.2. The van der Waals surface area contributed by atoms with Gasteiger partial charge in [-0.05, 0) is 49.2 Å². The molecule has 3 aliphatic rings. The SMILES string of the molecule is CCOC(=O)C1C=CC2=C(C=C1)[C@H]1CC[C@@H]2C1. The van der Waals surface area contributed by atoms with Crippen molar-refractivity contribution in [3.8, 4) is 0 Å². The van der Waals surface area contributed by atoms with Crippen LogP contribution in [0.4, 0.5) is 0 Å².